The van der Waals surface area contributed by atoms with Crippen molar-refractivity contribution < 1.29 is 19.5 Å². The monoisotopic (exact) mass is 301 g/mol. The number of nitrogens with zero attached hydrogens (tertiary/aromatic N) is 1. The van der Waals surface area contributed by atoms with Gasteiger partial charge in [-0.1, -0.05) is 20.8 Å². The number of carboxylic acid groups (broad SMARTS) is 1. The topological polar surface area (TPSA) is 113 Å². The first kappa shape index (κ1) is 19.2. The van der Waals surface area contributed by atoms with Crippen molar-refractivity contribution in [3.05, 3.63) is 0 Å². The third-order valence-corrected chi connectivity index (χ3v) is 2.98. The van der Waals surface area contributed by atoms with E-state index >= 15 is 0 Å². The maximum Gasteiger partial charge on any atom is 0.317 e. The summed E-state index contributed by atoms with van der Waals surface area (Å²) in [5, 5.41) is 11.3. The van der Waals surface area contributed by atoms with Crippen molar-refractivity contribution in [3.8, 4) is 0 Å². The number of hydrogen-bond acceptors (Lipinski definition) is 3. The van der Waals surface area contributed by atoms with Crippen molar-refractivity contribution in [2.24, 2.45) is 17.6 Å². The smallest absolute Gasteiger partial charge is 0.317 e. The van der Waals surface area contributed by atoms with E-state index in [1.54, 1.807) is 0 Å². The number of nitrogens with two attached hydrogens (primary N) is 1. The number of carbonyl (C=O) groups excluding carboxylic acids is 2. The molecule has 0 bridgehead atoms. The van der Waals surface area contributed by atoms with E-state index in [-0.39, 0.29) is 30.8 Å². The van der Waals surface area contributed by atoms with Crippen molar-refractivity contribution >= 4 is 17.9 Å². The molecule has 7 nitrogen and oxygen atoms in total. The van der Waals surface area contributed by atoms with Gasteiger partial charge in [0.2, 0.25) is 5.91 Å². The van der Waals surface area contributed by atoms with Crippen LogP contribution in [0.3, 0.4) is 0 Å². The minimum Gasteiger partial charge on any atom is -0.481 e. The normalized spacial score (nSPS) is 12.0. The van der Waals surface area contributed by atoms with Gasteiger partial charge in [0.1, 0.15) is 6.54 Å². The SMILES string of the molecule is CC(C)CN(CC(N)=O)C(=O)NCCC(C)CCC(=O)O. The van der Waals surface area contributed by atoms with E-state index in [4.69, 9.17) is 10.8 Å². The van der Waals surface area contributed by atoms with Crippen LogP contribution < -0.4 is 11.1 Å². The first-order valence-electron chi connectivity index (χ1n) is 7.25. The number of carbonyl (C=O) groups is 3. The third kappa shape index (κ3) is 10.6. The van der Waals surface area contributed by atoms with Crippen LogP contribution >= 0.6 is 0 Å². The maximum absolute atomic E-state index is 12.0. The molecule has 0 aliphatic carbocycles. The van der Waals surface area contributed by atoms with Gasteiger partial charge in [-0.3, -0.25) is 9.59 Å². The minimum atomic E-state index is -0.810. The summed E-state index contributed by atoms with van der Waals surface area (Å²) in [6.07, 6.45) is 1.42. The van der Waals surface area contributed by atoms with Crippen LogP contribution in [0.5, 0.6) is 0 Å². The highest BCUT2D eigenvalue weighted by atomic mass is 16.4. The van der Waals surface area contributed by atoms with E-state index in [1.165, 1.54) is 4.90 Å². The Labute approximate surface area is 125 Å². The first-order valence-corrected chi connectivity index (χ1v) is 7.25. The first-order chi connectivity index (χ1) is 9.72. The molecule has 0 saturated carbocycles. The van der Waals surface area contributed by atoms with E-state index in [9.17, 15) is 14.4 Å². The van der Waals surface area contributed by atoms with Gasteiger partial charge in [-0.2, -0.15) is 0 Å². The zero-order valence-corrected chi connectivity index (χ0v) is 13.1. The Balaban J connectivity index is 4.12. The summed E-state index contributed by atoms with van der Waals surface area (Å²) in [6.45, 7) is 6.67. The number of rotatable bonds is 10. The lowest BCUT2D eigenvalue weighted by atomic mass is 10.0. The molecule has 4 N–H and O–H groups in total. The molecule has 0 aliphatic rings. The molecule has 3 amide bonds. The Morgan fingerprint density at radius 1 is 1.19 bits per heavy atom. The summed E-state index contributed by atoms with van der Waals surface area (Å²) in [5.41, 5.74) is 5.14. The average Bonchev–Trinajstić information content (AvgIpc) is 2.34. The standard InChI is InChI=1S/C14H27N3O4/c1-10(2)8-17(9-12(15)18)14(21)16-7-6-11(3)4-5-13(19)20/h10-11H,4-9H2,1-3H3,(H2,15,18)(H,16,21)(H,19,20). The van der Waals surface area contributed by atoms with Gasteiger partial charge in [0.05, 0.1) is 0 Å². The molecule has 0 aliphatic heterocycles. The number of primary amides is 1. The summed E-state index contributed by atoms with van der Waals surface area (Å²) >= 11 is 0. The molecule has 0 aromatic rings. The summed E-state index contributed by atoms with van der Waals surface area (Å²) in [5.74, 6) is -0.892. The Bertz CT molecular complexity index is 358. The van der Waals surface area contributed by atoms with Crippen LogP contribution in [0.25, 0.3) is 0 Å². The molecule has 0 radical (unpaired) electrons. The third-order valence-electron chi connectivity index (χ3n) is 2.98. The van der Waals surface area contributed by atoms with Crippen LogP contribution in [0.1, 0.15) is 40.0 Å². The van der Waals surface area contributed by atoms with Gasteiger partial charge in [0.25, 0.3) is 0 Å². The lowest BCUT2D eigenvalue weighted by Gasteiger charge is -2.23. The predicted octanol–water partition coefficient (Wildman–Crippen LogP) is 1.03. The van der Waals surface area contributed by atoms with Gasteiger partial charge in [-0.15, -0.1) is 0 Å². The molecule has 21 heavy (non-hydrogen) atoms. The fraction of sp³-hybridized carbons (Fsp3) is 0.786. The van der Waals surface area contributed by atoms with Crippen LogP contribution in [0.15, 0.2) is 0 Å². The number of hydrogen-bond donors (Lipinski definition) is 3. The maximum atomic E-state index is 12.0. The van der Waals surface area contributed by atoms with E-state index in [1.807, 2.05) is 20.8 Å². The molecule has 0 heterocycles. The fourth-order valence-electron chi connectivity index (χ4n) is 1.90. The van der Waals surface area contributed by atoms with E-state index in [0.717, 1.165) is 0 Å². The second-order valence-electron chi connectivity index (χ2n) is 5.80. The second kappa shape index (κ2) is 10.0. The van der Waals surface area contributed by atoms with E-state index in [0.29, 0.717) is 25.9 Å². The van der Waals surface area contributed by atoms with E-state index in [2.05, 4.69) is 5.32 Å². The average molecular weight is 301 g/mol. The number of aliphatic carboxylic acids is 1. The molecule has 0 rings (SSSR count). The highest BCUT2D eigenvalue weighted by Crippen LogP contribution is 2.09. The molecule has 7 heteroatoms. The molecule has 1 unspecified atom stereocenters. The second-order valence-corrected chi connectivity index (χ2v) is 5.80. The fourth-order valence-corrected chi connectivity index (χ4v) is 1.90. The van der Waals surface area contributed by atoms with Gasteiger partial charge in [0, 0.05) is 19.5 Å². The Morgan fingerprint density at radius 3 is 2.29 bits per heavy atom. The molecule has 0 saturated heterocycles. The van der Waals surface area contributed by atoms with Crippen LogP contribution in [0.2, 0.25) is 0 Å². The van der Waals surface area contributed by atoms with Gasteiger partial charge < -0.3 is 21.1 Å². The summed E-state index contributed by atoms with van der Waals surface area (Å²) in [6, 6.07) is -0.312. The van der Waals surface area contributed by atoms with Crippen molar-refractivity contribution in [1.29, 1.82) is 0 Å². The summed E-state index contributed by atoms with van der Waals surface area (Å²) < 4.78 is 0. The quantitative estimate of drug-likeness (QED) is 0.559. The summed E-state index contributed by atoms with van der Waals surface area (Å²) in [4.78, 5) is 34.8. The zero-order chi connectivity index (χ0) is 16.4. The largest absolute Gasteiger partial charge is 0.481 e. The summed E-state index contributed by atoms with van der Waals surface area (Å²) in [7, 11) is 0. The highest BCUT2D eigenvalue weighted by Gasteiger charge is 2.16. The van der Waals surface area contributed by atoms with Crippen LogP contribution in [0, 0.1) is 11.8 Å². The van der Waals surface area contributed by atoms with Crippen LogP contribution in [-0.2, 0) is 9.59 Å². The van der Waals surface area contributed by atoms with Crippen molar-refractivity contribution in [3.63, 3.8) is 0 Å². The number of carboxylic acids is 1. The minimum absolute atomic E-state index is 0.0986. The molecule has 0 spiro atoms. The van der Waals surface area contributed by atoms with E-state index < -0.39 is 11.9 Å². The number of nitrogens with one attached hydrogen (secondary N) is 1. The van der Waals surface area contributed by atoms with Gasteiger partial charge in [0.15, 0.2) is 0 Å². The Kier molecular flexibility index (Phi) is 9.16. The Hall–Kier alpha value is -1.79. The molecule has 122 valence electrons. The molecular formula is C14H27N3O4. The highest BCUT2D eigenvalue weighted by molar-refractivity contribution is 5.82. The Morgan fingerprint density at radius 2 is 1.81 bits per heavy atom. The lowest BCUT2D eigenvalue weighted by Crippen LogP contribution is -2.46. The van der Waals surface area contributed by atoms with Crippen molar-refractivity contribution in [1.82, 2.24) is 10.2 Å². The zero-order valence-electron chi connectivity index (χ0n) is 13.1. The lowest BCUT2D eigenvalue weighted by molar-refractivity contribution is -0.137. The molecule has 0 aromatic heterocycles. The van der Waals surface area contributed by atoms with Crippen LogP contribution in [0.4, 0.5) is 4.79 Å². The van der Waals surface area contributed by atoms with Crippen molar-refractivity contribution in [2.45, 2.75) is 40.0 Å². The van der Waals surface area contributed by atoms with Crippen molar-refractivity contribution in [2.75, 3.05) is 19.6 Å². The molecule has 0 fully saturated rings. The molecule has 0 aromatic carbocycles. The van der Waals surface area contributed by atoms with Gasteiger partial charge in [-0.25, -0.2) is 4.79 Å². The predicted molar refractivity (Wildman–Crippen MR) is 79.7 cm³/mol. The number of amides is 3. The number of urea groups is 1. The van der Waals surface area contributed by atoms with Crippen LogP contribution in [-0.4, -0.2) is 47.5 Å². The molecular weight excluding hydrogens is 274 g/mol. The molecule has 1 atom stereocenters. The van der Waals surface area contributed by atoms with Gasteiger partial charge in [-0.05, 0) is 24.7 Å². The van der Waals surface area contributed by atoms with Gasteiger partial charge >= 0.3 is 12.0 Å².